The lowest BCUT2D eigenvalue weighted by molar-refractivity contribution is 0.263. The average Bonchev–Trinajstić information content (AvgIpc) is 2.94. The number of hydrogen-bond donors (Lipinski definition) is 1. The summed E-state index contributed by atoms with van der Waals surface area (Å²) in [6.45, 7) is 17.1. The minimum absolute atomic E-state index is 0.479. The van der Waals surface area contributed by atoms with Gasteiger partial charge in [-0.25, -0.2) is 0 Å². The Balaban J connectivity index is 0.00000172. The SMILES string of the molecule is C=C/C=C(/CNC(=C)C1CCCN1CCC)OC.CC. The molecule has 1 unspecified atom stereocenters. The third kappa shape index (κ3) is 6.29. The van der Waals surface area contributed by atoms with Gasteiger partial charge in [0.2, 0.25) is 0 Å². The highest BCUT2D eigenvalue weighted by molar-refractivity contribution is 5.11. The summed E-state index contributed by atoms with van der Waals surface area (Å²) < 4.78 is 5.25. The summed E-state index contributed by atoms with van der Waals surface area (Å²) in [4.78, 5) is 2.51. The van der Waals surface area contributed by atoms with Gasteiger partial charge in [0.05, 0.1) is 13.7 Å². The minimum Gasteiger partial charge on any atom is -0.499 e. The molecule has 0 aromatic heterocycles. The third-order valence-corrected chi connectivity index (χ3v) is 3.33. The molecule has 0 saturated carbocycles. The van der Waals surface area contributed by atoms with Crippen molar-refractivity contribution in [2.24, 2.45) is 0 Å². The molecule has 1 rings (SSSR count). The molecule has 3 nitrogen and oxygen atoms in total. The van der Waals surface area contributed by atoms with E-state index in [-0.39, 0.29) is 0 Å². The first-order valence-corrected chi connectivity index (χ1v) is 7.75. The predicted octanol–water partition coefficient (Wildman–Crippen LogP) is 3.71. The number of nitrogens with zero attached hydrogens (tertiary/aromatic N) is 1. The Morgan fingerprint density at radius 3 is 2.70 bits per heavy atom. The molecule has 1 N–H and O–H groups in total. The van der Waals surface area contributed by atoms with Crippen molar-refractivity contribution < 1.29 is 4.74 Å². The van der Waals surface area contributed by atoms with Crippen LogP contribution in [0.3, 0.4) is 0 Å². The molecule has 1 fully saturated rings. The molecule has 1 aliphatic rings. The van der Waals surface area contributed by atoms with Gasteiger partial charge in [-0.1, -0.05) is 40.0 Å². The predicted molar refractivity (Wildman–Crippen MR) is 88.7 cm³/mol. The summed E-state index contributed by atoms with van der Waals surface area (Å²) in [5.74, 6) is 0.881. The lowest BCUT2D eigenvalue weighted by Gasteiger charge is -2.26. The highest BCUT2D eigenvalue weighted by Crippen LogP contribution is 2.21. The largest absolute Gasteiger partial charge is 0.499 e. The number of hydrogen-bond acceptors (Lipinski definition) is 3. The smallest absolute Gasteiger partial charge is 0.115 e. The van der Waals surface area contributed by atoms with Crippen LogP contribution in [0.25, 0.3) is 0 Å². The van der Waals surface area contributed by atoms with Crippen molar-refractivity contribution in [2.45, 2.75) is 46.1 Å². The highest BCUT2D eigenvalue weighted by atomic mass is 16.5. The Kier molecular flexibility index (Phi) is 10.9. The van der Waals surface area contributed by atoms with Gasteiger partial charge in [-0.15, -0.1) is 0 Å². The highest BCUT2D eigenvalue weighted by Gasteiger charge is 2.25. The Morgan fingerprint density at radius 2 is 2.15 bits per heavy atom. The molecule has 0 aliphatic carbocycles. The molecule has 1 saturated heterocycles. The summed E-state index contributed by atoms with van der Waals surface area (Å²) in [6, 6.07) is 0.479. The standard InChI is InChI=1S/C15H26N2O.C2H6/c1-5-8-14(18-4)12-16-13(3)15-9-7-11-17(15)10-6-2;1-2/h5,8,15-16H,1,3,6-7,9-12H2,2,4H3;1-2H3/b14-8-;. The van der Waals surface area contributed by atoms with Gasteiger partial charge in [0.1, 0.15) is 5.76 Å². The van der Waals surface area contributed by atoms with E-state index in [1.54, 1.807) is 13.2 Å². The Bertz CT molecular complexity index is 310. The second-order valence-corrected chi connectivity index (χ2v) is 4.65. The molecule has 20 heavy (non-hydrogen) atoms. The Morgan fingerprint density at radius 1 is 1.45 bits per heavy atom. The Labute approximate surface area is 125 Å². The van der Waals surface area contributed by atoms with Gasteiger partial charge in [-0.3, -0.25) is 4.90 Å². The van der Waals surface area contributed by atoms with Crippen LogP contribution in [-0.4, -0.2) is 37.7 Å². The van der Waals surface area contributed by atoms with Crippen molar-refractivity contribution in [3.8, 4) is 0 Å². The molecule has 0 radical (unpaired) electrons. The monoisotopic (exact) mass is 280 g/mol. The van der Waals surface area contributed by atoms with Crippen LogP contribution in [0.2, 0.25) is 0 Å². The van der Waals surface area contributed by atoms with Crippen molar-refractivity contribution in [1.82, 2.24) is 10.2 Å². The number of ether oxygens (including phenoxy) is 1. The fourth-order valence-electron chi connectivity index (χ4n) is 2.42. The van der Waals surface area contributed by atoms with Gasteiger partial charge in [-0.2, -0.15) is 0 Å². The van der Waals surface area contributed by atoms with Gasteiger partial charge < -0.3 is 10.1 Å². The molecule has 1 heterocycles. The van der Waals surface area contributed by atoms with Crippen molar-refractivity contribution in [2.75, 3.05) is 26.7 Å². The molecule has 3 heteroatoms. The first kappa shape index (κ1) is 18.8. The van der Waals surface area contributed by atoms with Gasteiger partial charge in [-0.05, 0) is 38.4 Å². The van der Waals surface area contributed by atoms with E-state index in [9.17, 15) is 0 Å². The molecule has 1 aliphatic heterocycles. The van der Waals surface area contributed by atoms with E-state index < -0.39 is 0 Å². The van der Waals surface area contributed by atoms with Crippen LogP contribution in [0, 0.1) is 0 Å². The maximum absolute atomic E-state index is 5.25. The first-order chi connectivity index (χ1) is 9.72. The fraction of sp³-hybridized carbons (Fsp3) is 0.647. The van der Waals surface area contributed by atoms with Crippen LogP contribution in [-0.2, 0) is 4.74 Å². The van der Waals surface area contributed by atoms with E-state index in [0.29, 0.717) is 12.6 Å². The third-order valence-electron chi connectivity index (χ3n) is 3.33. The van der Waals surface area contributed by atoms with E-state index in [2.05, 4.69) is 30.3 Å². The molecular formula is C17H32N2O. The number of methoxy groups -OCH3 is 1. The number of likely N-dealkylation sites (tertiary alicyclic amines) is 1. The van der Waals surface area contributed by atoms with Crippen molar-refractivity contribution in [1.29, 1.82) is 0 Å². The van der Waals surface area contributed by atoms with Gasteiger partial charge >= 0.3 is 0 Å². The zero-order valence-corrected chi connectivity index (χ0v) is 13.7. The van der Waals surface area contributed by atoms with Crippen LogP contribution in [0.5, 0.6) is 0 Å². The Hall–Kier alpha value is -1.22. The maximum atomic E-state index is 5.25. The molecule has 0 amide bonds. The average molecular weight is 280 g/mol. The topological polar surface area (TPSA) is 24.5 Å². The molecule has 1 atom stereocenters. The van der Waals surface area contributed by atoms with E-state index in [1.807, 2.05) is 19.9 Å². The van der Waals surface area contributed by atoms with Gasteiger partial charge in [0, 0.05) is 11.7 Å². The summed E-state index contributed by atoms with van der Waals surface area (Å²) >= 11 is 0. The number of nitrogens with one attached hydrogen (secondary N) is 1. The van der Waals surface area contributed by atoms with Gasteiger partial charge in [0.15, 0.2) is 0 Å². The number of rotatable bonds is 8. The maximum Gasteiger partial charge on any atom is 0.115 e. The summed E-state index contributed by atoms with van der Waals surface area (Å²) in [6.07, 6.45) is 7.29. The summed E-state index contributed by atoms with van der Waals surface area (Å²) in [7, 11) is 1.68. The molecule has 0 spiro atoms. The van der Waals surface area contributed by atoms with Crippen molar-refractivity contribution in [3.05, 3.63) is 36.8 Å². The summed E-state index contributed by atoms with van der Waals surface area (Å²) in [5, 5.41) is 3.37. The molecule has 116 valence electrons. The lowest BCUT2D eigenvalue weighted by atomic mass is 10.1. The zero-order valence-electron chi connectivity index (χ0n) is 13.7. The van der Waals surface area contributed by atoms with Crippen LogP contribution in [0.4, 0.5) is 0 Å². The fourth-order valence-corrected chi connectivity index (χ4v) is 2.42. The van der Waals surface area contributed by atoms with Crippen LogP contribution < -0.4 is 5.32 Å². The number of allylic oxidation sites excluding steroid dienone is 2. The zero-order chi connectivity index (χ0) is 15.4. The molecule has 0 aromatic rings. The normalized spacial score (nSPS) is 19.0. The molecule has 0 aromatic carbocycles. The molecular weight excluding hydrogens is 248 g/mol. The first-order valence-electron chi connectivity index (χ1n) is 7.75. The van der Waals surface area contributed by atoms with Crippen LogP contribution in [0.1, 0.15) is 40.0 Å². The van der Waals surface area contributed by atoms with E-state index in [0.717, 1.165) is 18.0 Å². The quantitative estimate of drug-likeness (QED) is 0.542. The van der Waals surface area contributed by atoms with E-state index in [4.69, 9.17) is 4.74 Å². The minimum atomic E-state index is 0.479. The van der Waals surface area contributed by atoms with E-state index in [1.165, 1.54) is 25.8 Å². The second-order valence-electron chi connectivity index (χ2n) is 4.65. The van der Waals surface area contributed by atoms with Crippen LogP contribution in [0.15, 0.2) is 36.8 Å². The molecule has 0 bridgehead atoms. The summed E-state index contributed by atoms with van der Waals surface area (Å²) in [5.41, 5.74) is 1.10. The van der Waals surface area contributed by atoms with E-state index >= 15 is 0 Å². The van der Waals surface area contributed by atoms with Crippen molar-refractivity contribution >= 4 is 0 Å². The van der Waals surface area contributed by atoms with Crippen molar-refractivity contribution in [3.63, 3.8) is 0 Å². The second kappa shape index (κ2) is 11.6. The van der Waals surface area contributed by atoms with Gasteiger partial charge in [0.25, 0.3) is 0 Å². The lowest BCUT2D eigenvalue weighted by Crippen LogP contribution is -2.36. The van der Waals surface area contributed by atoms with Crippen LogP contribution >= 0.6 is 0 Å².